The number of aromatic hydroxyl groups is 1. The highest BCUT2D eigenvalue weighted by Gasteiger charge is 2.31. The van der Waals surface area contributed by atoms with Crippen molar-refractivity contribution in [3.63, 3.8) is 0 Å². The number of thioether (sulfide) groups is 1. The minimum Gasteiger partial charge on any atom is -0.508 e. The van der Waals surface area contributed by atoms with Crippen molar-refractivity contribution in [2.75, 3.05) is 5.75 Å². The second kappa shape index (κ2) is 7.67. The van der Waals surface area contributed by atoms with Crippen LogP contribution < -0.4 is 10.6 Å². The average molecular weight is 363 g/mol. The van der Waals surface area contributed by atoms with Crippen molar-refractivity contribution in [2.24, 2.45) is 0 Å². The van der Waals surface area contributed by atoms with Crippen LogP contribution in [0.25, 0.3) is 0 Å². The molecule has 1 heterocycles. The highest BCUT2D eigenvalue weighted by Crippen LogP contribution is 2.23. The van der Waals surface area contributed by atoms with Gasteiger partial charge in [0.2, 0.25) is 5.91 Å². The first-order chi connectivity index (χ1) is 11.6. The number of nitrogens with zero attached hydrogens (tertiary/aromatic N) is 1. The van der Waals surface area contributed by atoms with Crippen LogP contribution >= 0.6 is 23.1 Å². The zero-order valence-corrected chi connectivity index (χ0v) is 14.4. The van der Waals surface area contributed by atoms with Crippen LogP contribution in [-0.4, -0.2) is 39.7 Å². The molecule has 3 rings (SSSR count). The number of benzene rings is 1. The van der Waals surface area contributed by atoms with Gasteiger partial charge in [-0.05, 0) is 37.1 Å². The molecular formula is C16H17N3O3S2. The number of phenolic OH excluding ortho intramolecular Hbond substituents is 1. The van der Waals surface area contributed by atoms with E-state index < -0.39 is 0 Å². The third-order valence-electron chi connectivity index (χ3n) is 3.70. The summed E-state index contributed by atoms with van der Waals surface area (Å²) in [6.07, 6.45) is 3.05. The maximum absolute atomic E-state index is 11.9. The molecule has 0 atom stereocenters. The van der Waals surface area contributed by atoms with E-state index in [0.717, 1.165) is 17.7 Å². The largest absolute Gasteiger partial charge is 0.508 e. The molecular weight excluding hydrogens is 346 g/mol. The molecule has 2 amide bonds. The van der Waals surface area contributed by atoms with Crippen LogP contribution in [-0.2, 0) is 4.79 Å². The first-order valence-corrected chi connectivity index (χ1v) is 9.37. The summed E-state index contributed by atoms with van der Waals surface area (Å²) in [6.45, 7) is 0. The maximum Gasteiger partial charge on any atom is 0.263 e. The molecule has 24 heavy (non-hydrogen) atoms. The van der Waals surface area contributed by atoms with Crippen LogP contribution in [0.5, 0.6) is 5.75 Å². The lowest BCUT2D eigenvalue weighted by molar-refractivity contribution is -0.119. The zero-order valence-electron chi connectivity index (χ0n) is 12.8. The van der Waals surface area contributed by atoms with Crippen LogP contribution in [0.1, 0.15) is 22.5 Å². The number of thiazole rings is 1. The van der Waals surface area contributed by atoms with Gasteiger partial charge in [-0.2, -0.15) is 0 Å². The number of amides is 2. The number of rotatable bonds is 6. The smallest absolute Gasteiger partial charge is 0.263 e. The summed E-state index contributed by atoms with van der Waals surface area (Å²) >= 11 is 2.74. The minimum atomic E-state index is -0.102. The van der Waals surface area contributed by atoms with Crippen LogP contribution in [0.2, 0.25) is 0 Å². The quantitative estimate of drug-likeness (QED) is 0.683. The molecule has 1 fully saturated rings. The van der Waals surface area contributed by atoms with E-state index in [1.807, 2.05) is 0 Å². The Bertz CT molecular complexity index is 698. The zero-order chi connectivity index (χ0) is 16.9. The molecule has 8 heteroatoms. The summed E-state index contributed by atoms with van der Waals surface area (Å²) in [5.41, 5.74) is 1.63. The Morgan fingerprint density at radius 1 is 1.21 bits per heavy atom. The van der Waals surface area contributed by atoms with E-state index >= 15 is 0 Å². The number of nitrogens with one attached hydrogen (secondary N) is 2. The van der Waals surface area contributed by atoms with Crippen molar-refractivity contribution >= 4 is 34.9 Å². The molecule has 0 bridgehead atoms. The van der Waals surface area contributed by atoms with E-state index in [1.165, 1.54) is 23.1 Å². The first-order valence-electron chi connectivity index (χ1n) is 7.50. The maximum atomic E-state index is 11.9. The number of aromatic nitrogens is 1. The lowest BCUT2D eigenvalue weighted by Crippen LogP contribution is -2.54. The molecule has 1 aliphatic rings. The molecule has 0 aliphatic heterocycles. The standard InChI is InChI=1S/C16H17N3O3S2/c20-12-1-3-13(4-2-12)23-8-15(21)18-10-5-11(6-10)19-16(22)14-7-17-9-24-14/h1-4,7,9-11,20H,5-6,8H2,(H,18,21)(H,19,22). The van der Waals surface area contributed by atoms with Crippen molar-refractivity contribution in [2.45, 2.75) is 29.8 Å². The van der Waals surface area contributed by atoms with Gasteiger partial charge >= 0.3 is 0 Å². The van der Waals surface area contributed by atoms with Gasteiger partial charge in [-0.15, -0.1) is 23.1 Å². The predicted molar refractivity (Wildman–Crippen MR) is 93.4 cm³/mol. The third kappa shape index (κ3) is 4.48. The van der Waals surface area contributed by atoms with Gasteiger partial charge in [0.1, 0.15) is 10.6 Å². The number of carbonyl (C=O) groups excluding carboxylic acids is 2. The summed E-state index contributed by atoms with van der Waals surface area (Å²) in [5.74, 6) is 0.421. The molecule has 1 saturated carbocycles. The summed E-state index contributed by atoms with van der Waals surface area (Å²) in [6, 6.07) is 6.98. The summed E-state index contributed by atoms with van der Waals surface area (Å²) in [4.78, 5) is 29.2. The first kappa shape index (κ1) is 16.8. The highest BCUT2D eigenvalue weighted by atomic mass is 32.2. The molecule has 3 N–H and O–H groups in total. The van der Waals surface area contributed by atoms with E-state index in [2.05, 4.69) is 15.6 Å². The molecule has 0 saturated heterocycles. The minimum absolute atomic E-state index is 0.0229. The van der Waals surface area contributed by atoms with Gasteiger partial charge in [-0.25, -0.2) is 0 Å². The predicted octanol–water partition coefficient (Wildman–Crippen LogP) is 2.02. The molecule has 126 valence electrons. The van der Waals surface area contributed by atoms with Gasteiger partial charge in [0.05, 0.1) is 17.5 Å². The SMILES string of the molecule is O=C(CSc1ccc(O)cc1)NC1CC(NC(=O)c2cncs2)C1. The fraction of sp³-hybridized carbons (Fsp3) is 0.312. The molecule has 1 aliphatic carbocycles. The second-order valence-electron chi connectivity index (χ2n) is 5.55. The van der Waals surface area contributed by atoms with E-state index in [0.29, 0.717) is 10.6 Å². The van der Waals surface area contributed by atoms with E-state index in [4.69, 9.17) is 0 Å². The van der Waals surface area contributed by atoms with E-state index in [9.17, 15) is 14.7 Å². The highest BCUT2D eigenvalue weighted by molar-refractivity contribution is 8.00. The van der Waals surface area contributed by atoms with Crippen molar-refractivity contribution in [3.05, 3.63) is 40.8 Å². The van der Waals surface area contributed by atoms with Crippen LogP contribution in [0.15, 0.2) is 40.9 Å². The van der Waals surface area contributed by atoms with Crippen molar-refractivity contribution in [1.29, 1.82) is 0 Å². The fourth-order valence-corrected chi connectivity index (χ4v) is 3.63. The third-order valence-corrected chi connectivity index (χ3v) is 5.49. The van der Waals surface area contributed by atoms with Crippen LogP contribution in [0.3, 0.4) is 0 Å². The summed E-state index contributed by atoms with van der Waals surface area (Å²) in [5, 5.41) is 15.1. The Hall–Kier alpha value is -2.06. The summed E-state index contributed by atoms with van der Waals surface area (Å²) in [7, 11) is 0. The van der Waals surface area contributed by atoms with Crippen molar-refractivity contribution in [1.82, 2.24) is 15.6 Å². The van der Waals surface area contributed by atoms with Gasteiger partial charge in [0.15, 0.2) is 0 Å². The normalized spacial score (nSPS) is 19.3. The second-order valence-corrected chi connectivity index (χ2v) is 7.49. The van der Waals surface area contributed by atoms with Gasteiger partial charge in [-0.1, -0.05) is 0 Å². The molecule has 0 spiro atoms. The lowest BCUT2D eigenvalue weighted by Gasteiger charge is -2.36. The van der Waals surface area contributed by atoms with Gasteiger partial charge in [0, 0.05) is 17.0 Å². The Kier molecular flexibility index (Phi) is 5.37. The van der Waals surface area contributed by atoms with Crippen LogP contribution in [0, 0.1) is 0 Å². The molecule has 2 aromatic rings. The van der Waals surface area contributed by atoms with Crippen LogP contribution in [0.4, 0.5) is 0 Å². The topological polar surface area (TPSA) is 91.3 Å². The molecule has 1 aromatic carbocycles. The number of hydrogen-bond acceptors (Lipinski definition) is 6. The number of hydrogen-bond donors (Lipinski definition) is 3. The van der Waals surface area contributed by atoms with Crippen molar-refractivity contribution in [3.8, 4) is 5.75 Å². The lowest BCUT2D eigenvalue weighted by atomic mass is 9.86. The monoisotopic (exact) mass is 363 g/mol. The van der Waals surface area contributed by atoms with Gasteiger partial charge in [-0.3, -0.25) is 14.6 Å². The Morgan fingerprint density at radius 2 is 1.92 bits per heavy atom. The van der Waals surface area contributed by atoms with Gasteiger partial charge < -0.3 is 15.7 Å². The van der Waals surface area contributed by atoms with Crippen molar-refractivity contribution < 1.29 is 14.7 Å². The Balaban J connectivity index is 1.34. The average Bonchev–Trinajstić information content (AvgIpc) is 3.06. The Morgan fingerprint density at radius 3 is 2.58 bits per heavy atom. The molecule has 0 radical (unpaired) electrons. The fourth-order valence-electron chi connectivity index (χ4n) is 2.40. The number of phenols is 1. The van der Waals surface area contributed by atoms with E-state index in [-0.39, 0.29) is 29.6 Å². The molecule has 6 nitrogen and oxygen atoms in total. The number of carbonyl (C=O) groups is 2. The van der Waals surface area contributed by atoms with E-state index in [1.54, 1.807) is 36.0 Å². The molecule has 1 aromatic heterocycles. The van der Waals surface area contributed by atoms with Gasteiger partial charge in [0.25, 0.3) is 5.91 Å². The Labute approximate surface area is 147 Å². The molecule has 0 unspecified atom stereocenters. The summed E-state index contributed by atoms with van der Waals surface area (Å²) < 4.78 is 0.